The van der Waals surface area contributed by atoms with Crippen LogP contribution in [0, 0.1) is 55.4 Å². The molecule has 0 aliphatic heterocycles. The Bertz CT molecular complexity index is 5560. The molecular formula is C83H63N7. The molecule has 0 saturated carbocycles. The van der Waals surface area contributed by atoms with Gasteiger partial charge in [0.1, 0.15) is 0 Å². The minimum absolute atomic E-state index is 0.564. The molecule has 90 heavy (non-hydrogen) atoms. The third-order valence-electron chi connectivity index (χ3n) is 18.6. The summed E-state index contributed by atoms with van der Waals surface area (Å²) in [5.74, 6) is 0.564. The first-order valence-electron chi connectivity index (χ1n) is 31.2. The van der Waals surface area contributed by atoms with Gasteiger partial charge < -0.3 is 18.3 Å². The largest absolute Gasteiger partial charge is 0.308 e. The van der Waals surface area contributed by atoms with E-state index in [9.17, 15) is 0 Å². The Morgan fingerprint density at radius 1 is 0.233 bits per heavy atom. The van der Waals surface area contributed by atoms with Crippen molar-refractivity contribution in [3.05, 3.63) is 281 Å². The first-order chi connectivity index (χ1) is 43.9. The van der Waals surface area contributed by atoms with Crippen molar-refractivity contribution < 1.29 is 0 Å². The van der Waals surface area contributed by atoms with Gasteiger partial charge in [-0.2, -0.15) is 0 Å². The van der Waals surface area contributed by atoms with Gasteiger partial charge in [-0.25, -0.2) is 9.97 Å². The molecule has 6 heterocycles. The Balaban J connectivity index is 1.27. The highest BCUT2D eigenvalue weighted by Gasteiger charge is 2.37. The molecule has 0 spiro atoms. The Hall–Kier alpha value is -11.2. The van der Waals surface area contributed by atoms with E-state index >= 15 is 0 Å². The molecule has 0 fully saturated rings. The molecule has 0 aliphatic rings. The van der Waals surface area contributed by atoms with Gasteiger partial charge in [0.05, 0.1) is 95.1 Å². The van der Waals surface area contributed by atoms with Crippen molar-refractivity contribution in [2.45, 2.75) is 55.4 Å². The van der Waals surface area contributed by atoms with E-state index in [1.807, 2.05) is 12.3 Å². The lowest BCUT2D eigenvalue weighted by Crippen LogP contribution is -2.17. The van der Waals surface area contributed by atoms with Crippen LogP contribution in [0.3, 0.4) is 0 Å². The van der Waals surface area contributed by atoms with E-state index in [-0.39, 0.29) is 0 Å². The lowest BCUT2D eigenvalue weighted by Gasteiger charge is -2.30. The van der Waals surface area contributed by atoms with Gasteiger partial charge in [-0.3, -0.25) is 4.98 Å². The average Bonchev–Trinajstić information content (AvgIpc) is 1.37. The Morgan fingerprint density at radius 2 is 0.511 bits per heavy atom. The second-order valence-electron chi connectivity index (χ2n) is 25.1. The summed E-state index contributed by atoms with van der Waals surface area (Å²) in [6.45, 7) is 17.7. The van der Waals surface area contributed by atoms with E-state index in [1.165, 1.54) is 66.1 Å². The van der Waals surface area contributed by atoms with Crippen molar-refractivity contribution in [3.63, 3.8) is 0 Å². The molecule has 17 aromatic rings. The number of aromatic nitrogens is 7. The maximum atomic E-state index is 6.06. The third kappa shape index (κ3) is 8.15. The van der Waals surface area contributed by atoms with Gasteiger partial charge in [0.25, 0.3) is 0 Å². The minimum atomic E-state index is 0.564. The second kappa shape index (κ2) is 20.2. The van der Waals surface area contributed by atoms with Crippen LogP contribution in [0.15, 0.2) is 237 Å². The summed E-state index contributed by atoms with van der Waals surface area (Å²) in [5, 5.41) is 9.30. The van der Waals surface area contributed by atoms with Crippen LogP contribution < -0.4 is 0 Å². The van der Waals surface area contributed by atoms with Crippen LogP contribution in [-0.4, -0.2) is 33.2 Å². The fraction of sp³-hybridized carbons (Fsp3) is 0.0964. The fourth-order valence-corrected chi connectivity index (χ4v) is 14.6. The molecule has 0 unspecified atom stereocenters. The SMILES string of the molecule is Cc1ccc2c(c1)c1cc(C)ccc1n2-c1c(-c2ccccn2)c(-n2c3ccc(C)cc3c3cc(C)ccc32)c(-n2c3ccc(C)cc3c3cc(C)ccc32)c(-n2c3ccc(C)cc3c3cc(C)ccc32)c1-c1nc(-c2ccccc2)cc(-c2ccccc2)n1. The molecule has 0 radical (unpaired) electrons. The van der Waals surface area contributed by atoms with Gasteiger partial charge in [0.2, 0.25) is 0 Å². The van der Waals surface area contributed by atoms with E-state index in [0.29, 0.717) is 5.82 Å². The smallest absolute Gasteiger partial charge is 0.164 e. The predicted molar refractivity (Wildman–Crippen MR) is 377 cm³/mol. The summed E-state index contributed by atoms with van der Waals surface area (Å²) in [5.41, 5.74) is 27.8. The average molecular weight is 1160 g/mol. The van der Waals surface area contributed by atoms with Crippen LogP contribution in [-0.2, 0) is 0 Å². The molecule has 7 heteroatoms. The van der Waals surface area contributed by atoms with Gasteiger partial charge in [-0.05, 0) is 171 Å². The number of hydrogen-bond donors (Lipinski definition) is 0. The van der Waals surface area contributed by atoms with Crippen LogP contribution in [0.5, 0.6) is 0 Å². The number of nitrogens with zero attached hydrogens (tertiary/aromatic N) is 7. The molecule has 0 saturated heterocycles. The fourth-order valence-electron chi connectivity index (χ4n) is 14.6. The molecule has 17 rings (SSSR count). The number of aryl methyl sites for hydroxylation is 8. The summed E-state index contributed by atoms with van der Waals surface area (Å²) >= 11 is 0. The van der Waals surface area contributed by atoms with E-state index in [0.717, 1.165) is 128 Å². The van der Waals surface area contributed by atoms with Crippen molar-refractivity contribution in [3.8, 4) is 67.9 Å². The number of fused-ring (bicyclic) bond motifs is 12. The van der Waals surface area contributed by atoms with Crippen LogP contribution in [0.25, 0.3) is 155 Å². The van der Waals surface area contributed by atoms with Gasteiger partial charge in [-0.1, -0.05) is 160 Å². The van der Waals surface area contributed by atoms with Crippen LogP contribution in [0.1, 0.15) is 44.5 Å². The number of pyridine rings is 1. The second-order valence-corrected chi connectivity index (χ2v) is 25.1. The van der Waals surface area contributed by atoms with Gasteiger partial charge in [0, 0.05) is 60.4 Å². The summed E-state index contributed by atoms with van der Waals surface area (Å²) in [7, 11) is 0. The zero-order chi connectivity index (χ0) is 60.8. The molecule has 0 aliphatic carbocycles. The summed E-state index contributed by atoms with van der Waals surface area (Å²) in [6, 6.07) is 85.6. The standard InChI is InChI=1S/C83H63N7/c1-48-22-30-69-58(39-48)59-40-49(2)23-31-70(59)87(69)79-77(66-21-15-16-38-84-66)80(88-71-32-24-50(3)41-60(71)61-42-51(4)25-33-72(61)88)82(90-75-36-28-54(7)45-64(75)65-46-55(8)29-37-76(65)90)81(89-73-34-26-52(5)43-62(73)63-44-53(6)27-35-74(63)89)78(79)83-85-67(56-17-11-9-12-18-56)47-68(86-83)57-19-13-10-14-20-57/h9-47H,1-8H3. The molecule has 0 N–H and O–H groups in total. The molecule has 0 bridgehead atoms. The van der Waals surface area contributed by atoms with Gasteiger partial charge >= 0.3 is 0 Å². The highest BCUT2D eigenvalue weighted by molar-refractivity contribution is 6.19. The van der Waals surface area contributed by atoms with Crippen molar-refractivity contribution in [1.29, 1.82) is 0 Å². The lowest BCUT2D eigenvalue weighted by atomic mass is 9.94. The summed E-state index contributed by atoms with van der Waals surface area (Å²) in [6.07, 6.45) is 1.96. The normalized spacial score (nSPS) is 12.0. The third-order valence-corrected chi connectivity index (χ3v) is 18.6. The highest BCUT2D eigenvalue weighted by atomic mass is 15.1. The number of hydrogen-bond acceptors (Lipinski definition) is 3. The molecule has 0 amide bonds. The quantitative estimate of drug-likeness (QED) is 0.152. The van der Waals surface area contributed by atoms with Crippen LogP contribution in [0.4, 0.5) is 0 Å². The van der Waals surface area contributed by atoms with E-state index in [2.05, 4.69) is 298 Å². The summed E-state index contributed by atoms with van der Waals surface area (Å²) in [4.78, 5) is 17.7. The van der Waals surface area contributed by atoms with Crippen molar-refractivity contribution >= 4 is 87.2 Å². The van der Waals surface area contributed by atoms with E-state index in [4.69, 9.17) is 15.0 Å². The van der Waals surface area contributed by atoms with E-state index < -0.39 is 0 Å². The lowest BCUT2D eigenvalue weighted by molar-refractivity contribution is 1.03. The first kappa shape index (κ1) is 53.1. The molecule has 7 nitrogen and oxygen atoms in total. The van der Waals surface area contributed by atoms with Crippen molar-refractivity contribution in [2.75, 3.05) is 0 Å². The van der Waals surface area contributed by atoms with Gasteiger partial charge in [0.15, 0.2) is 5.82 Å². The first-order valence-corrected chi connectivity index (χ1v) is 31.2. The molecule has 11 aromatic carbocycles. The predicted octanol–water partition coefficient (Wildman–Crippen LogP) is 21.4. The topological polar surface area (TPSA) is 58.4 Å². The van der Waals surface area contributed by atoms with Crippen LogP contribution in [0.2, 0.25) is 0 Å². The number of rotatable bonds is 8. The number of benzene rings is 11. The Labute approximate surface area is 522 Å². The monoisotopic (exact) mass is 1160 g/mol. The van der Waals surface area contributed by atoms with Crippen LogP contribution >= 0.6 is 0 Å². The Morgan fingerprint density at radius 3 is 0.811 bits per heavy atom. The summed E-state index contributed by atoms with van der Waals surface area (Å²) < 4.78 is 10.3. The van der Waals surface area contributed by atoms with Crippen molar-refractivity contribution in [2.24, 2.45) is 0 Å². The maximum absolute atomic E-state index is 6.06. The van der Waals surface area contributed by atoms with Gasteiger partial charge in [-0.15, -0.1) is 0 Å². The zero-order valence-electron chi connectivity index (χ0n) is 51.6. The Kier molecular flexibility index (Phi) is 11.9. The molecule has 430 valence electrons. The molecule has 6 aromatic heterocycles. The van der Waals surface area contributed by atoms with E-state index in [1.54, 1.807) is 0 Å². The zero-order valence-corrected chi connectivity index (χ0v) is 51.6. The van der Waals surface area contributed by atoms with Crippen molar-refractivity contribution in [1.82, 2.24) is 33.2 Å². The maximum Gasteiger partial charge on any atom is 0.164 e. The molecular weight excluding hydrogens is 1090 g/mol. The highest BCUT2D eigenvalue weighted by Crippen LogP contribution is 2.54. The minimum Gasteiger partial charge on any atom is -0.308 e. The molecule has 0 atom stereocenters.